The van der Waals surface area contributed by atoms with Crippen LogP contribution in [0.1, 0.15) is 21.5 Å². The molecule has 0 bridgehead atoms. The Labute approximate surface area is 167 Å². The Morgan fingerprint density at radius 2 is 1.89 bits per heavy atom. The molecule has 0 saturated carbocycles. The van der Waals surface area contributed by atoms with Gasteiger partial charge in [-0.2, -0.15) is 5.26 Å². The van der Waals surface area contributed by atoms with E-state index in [1.165, 1.54) is 0 Å². The van der Waals surface area contributed by atoms with E-state index >= 15 is 0 Å². The quantitative estimate of drug-likeness (QED) is 0.424. The fraction of sp³-hybridized carbons (Fsp3) is 0.190. The lowest BCUT2D eigenvalue weighted by atomic mass is 10.0. The van der Waals surface area contributed by atoms with Crippen LogP contribution >= 0.6 is 11.6 Å². The Morgan fingerprint density at radius 1 is 1.14 bits per heavy atom. The molecule has 2 amide bonds. The number of nitriles is 1. The Morgan fingerprint density at radius 3 is 2.61 bits per heavy atom. The molecular weight excluding hydrogens is 376 g/mol. The van der Waals surface area contributed by atoms with Crippen molar-refractivity contribution in [2.24, 2.45) is 0 Å². The number of aromatic amines is 1. The molecule has 0 fully saturated rings. The second-order valence-electron chi connectivity index (χ2n) is 6.30. The second kappa shape index (κ2) is 9.07. The number of benzene rings is 2. The number of para-hydroxylation sites is 1. The van der Waals surface area contributed by atoms with Crippen LogP contribution in [0.2, 0.25) is 0 Å². The molecule has 0 radical (unpaired) electrons. The number of hydrogen-bond acceptors (Lipinski definition) is 3. The maximum absolute atomic E-state index is 12.6. The minimum Gasteiger partial charge on any atom is -0.361 e. The lowest BCUT2D eigenvalue weighted by Crippen LogP contribution is -2.48. The molecule has 1 aromatic heterocycles. The molecule has 0 aliphatic heterocycles. The van der Waals surface area contributed by atoms with Gasteiger partial charge in [-0.15, -0.1) is 11.6 Å². The number of amides is 2. The monoisotopic (exact) mass is 394 g/mol. The number of nitrogens with zero attached hydrogens (tertiary/aromatic N) is 1. The molecule has 142 valence electrons. The summed E-state index contributed by atoms with van der Waals surface area (Å²) in [6.45, 7) is -0.122. The molecule has 1 atom stereocenters. The Hall–Kier alpha value is -3.30. The number of carbonyl (C=O) groups excluding carboxylic acids is 2. The maximum Gasteiger partial charge on any atom is 0.251 e. The molecule has 3 aromatic rings. The van der Waals surface area contributed by atoms with Gasteiger partial charge in [0.15, 0.2) is 0 Å². The highest BCUT2D eigenvalue weighted by Crippen LogP contribution is 2.19. The van der Waals surface area contributed by atoms with Crippen molar-refractivity contribution < 1.29 is 9.59 Å². The number of nitrogens with one attached hydrogen (secondary N) is 3. The molecule has 0 aliphatic carbocycles. The molecule has 6 nitrogen and oxygen atoms in total. The van der Waals surface area contributed by atoms with Crippen LogP contribution in [0.5, 0.6) is 0 Å². The van der Waals surface area contributed by atoms with E-state index in [0.29, 0.717) is 17.9 Å². The second-order valence-corrected chi connectivity index (χ2v) is 6.56. The van der Waals surface area contributed by atoms with Crippen molar-refractivity contribution in [3.8, 4) is 6.07 Å². The van der Waals surface area contributed by atoms with Crippen molar-refractivity contribution in [2.75, 3.05) is 6.54 Å². The summed E-state index contributed by atoms with van der Waals surface area (Å²) in [6.07, 6.45) is 2.13. The minimum absolute atomic E-state index is 0.122. The summed E-state index contributed by atoms with van der Waals surface area (Å²) in [6, 6.07) is 15.7. The molecule has 1 heterocycles. The molecule has 1 unspecified atom stereocenters. The van der Waals surface area contributed by atoms with E-state index in [1.54, 1.807) is 24.3 Å². The third-order valence-corrected chi connectivity index (χ3v) is 4.74. The van der Waals surface area contributed by atoms with Gasteiger partial charge in [-0.1, -0.05) is 30.3 Å². The highest BCUT2D eigenvalue weighted by Gasteiger charge is 2.23. The predicted octanol–water partition coefficient (Wildman–Crippen LogP) is 2.89. The smallest absolute Gasteiger partial charge is 0.251 e. The molecule has 0 saturated heterocycles. The number of fused-ring (bicyclic) bond motifs is 1. The van der Waals surface area contributed by atoms with Gasteiger partial charge in [0.2, 0.25) is 5.91 Å². The summed E-state index contributed by atoms with van der Waals surface area (Å²) in [7, 11) is 0. The number of alkyl halides is 1. The van der Waals surface area contributed by atoms with Gasteiger partial charge in [-0.05, 0) is 29.3 Å². The maximum atomic E-state index is 12.6. The molecule has 3 rings (SSSR count). The van der Waals surface area contributed by atoms with Crippen LogP contribution in [0.15, 0.2) is 54.7 Å². The summed E-state index contributed by atoms with van der Waals surface area (Å²) in [5.74, 6) is -0.405. The van der Waals surface area contributed by atoms with Crippen molar-refractivity contribution in [1.29, 1.82) is 5.26 Å². The molecule has 2 aromatic carbocycles. The molecular formula is C21H19ClN4O2. The zero-order valence-corrected chi connectivity index (χ0v) is 15.8. The fourth-order valence-corrected chi connectivity index (χ4v) is 3.14. The molecule has 28 heavy (non-hydrogen) atoms. The molecule has 3 N–H and O–H groups in total. The highest BCUT2D eigenvalue weighted by molar-refractivity contribution is 6.17. The van der Waals surface area contributed by atoms with Crippen LogP contribution in [0.4, 0.5) is 0 Å². The van der Waals surface area contributed by atoms with Gasteiger partial charge in [-0.3, -0.25) is 9.59 Å². The number of carbonyl (C=O) groups is 2. The van der Waals surface area contributed by atoms with Gasteiger partial charge in [0.05, 0.1) is 6.07 Å². The average Bonchev–Trinajstić information content (AvgIpc) is 3.14. The van der Waals surface area contributed by atoms with Gasteiger partial charge in [0, 0.05) is 35.0 Å². The zero-order valence-electron chi connectivity index (χ0n) is 15.0. The largest absolute Gasteiger partial charge is 0.361 e. The van der Waals surface area contributed by atoms with E-state index < -0.39 is 11.9 Å². The Bertz CT molecular complexity index is 1020. The molecule has 7 heteroatoms. The van der Waals surface area contributed by atoms with Gasteiger partial charge >= 0.3 is 0 Å². The fourth-order valence-electron chi connectivity index (χ4n) is 2.97. The van der Waals surface area contributed by atoms with Crippen LogP contribution in [0.25, 0.3) is 10.9 Å². The summed E-state index contributed by atoms with van der Waals surface area (Å²) in [5.41, 5.74) is 3.20. The number of hydrogen-bond donors (Lipinski definition) is 3. The Kier molecular flexibility index (Phi) is 6.30. The Balaban J connectivity index is 1.81. The zero-order chi connectivity index (χ0) is 19.9. The number of aromatic nitrogens is 1. The van der Waals surface area contributed by atoms with Crippen LogP contribution in [-0.4, -0.2) is 29.4 Å². The summed E-state index contributed by atoms with van der Waals surface area (Å²) in [5, 5.41) is 15.0. The SMILES string of the molecule is N#CCNC(=O)C(Cc1c[nH]c2ccccc12)NC(=O)c1ccc(CCl)cc1. The van der Waals surface area contributed by atoms with Crippen molar-refractivity contribution in [3.05, 3.63) is 71.4 Å². The van der Waals surface area contributed by atoms with Crippen molar-refractivity contribution >= 4 is 34.3 Å². The van der Waals surface area contributed by atoms with Crippen LogP contribution in [0, 0.1) is 11.3 Å². The first kappa shape index (κ1) is 19.5. The van der Waals surface area contributed by atoms with Crippen molar-refractivity contribution in [2.45, 2.75) is 18.3 Å². The summed E-state index contributed by atoms with van der Waals surface area (Å²) in [4.78, 5) is 28.3. The first-order chi connectivity index (χ1) is 13.6. The van der Waals surface area contributed by atoms with Crippen molar-refractivity contribution in [1.82, 2.24) is 15.6 Å². The summed E-state index contributed by atoms with van der Waals surface area (Å²) >= 11 is 5.78. The molecule has 0 aliphatic rings. The van der Waals surface area contributed by atoms with E-state index in [9.17, 15) is 9.59 Å². The van der Waals surface area contributed by atoms with Gasteiger partial charge in [0.25, 0.3) is 5.91 Å². The van der Waals surface area contributed by atoms with E-state index in [4.69, 9.17) is 16.9 Å². The number of H-pyrrole nitrogens is 1. The lowest BCUT2D eigenvalue weighted by molar-refractivity contribution is -0.122. The van der Waals surface area contributed by atoms with Gasteiger partial charge in [0.1, 0.15) is 12.6 Å². The van der Waals surface area contributed by atoms with Crippen LogP contribution in [0.3, 0.4) is 0 Å². The lowest BCUT2D eigenvalue weighted by Gasteiger charge is -2.18. The van der Waals surface area contributed by atoms with Gasteiger partial charge in [-0.25, -0.2) is 0 Å². The van der Waals surface area contributed by atoms with Crippen LogP contribution < -0.4 is 10.6 Å². The molecule has 0 spiro atoms. The predicted molar refractivity (Wildman–Crippen MR) is 108 cm³/mol. The highest BCUT2D eigenvalue weighted by atomic mass is 35.5. The van der Waals surface area contributed by atoms with E-state index in [0.717, 1.165) is 22.0 Å². The van der Waals surface area contributed by atoms with Gasteiger partial charge < -0.3 is 15.6 Å². The first-order valence-corrected chi connectivity index (χ1v) is 9.31. The van der Waals surface area contributed by atoms with Crippen LogP contribution in [-0.2, 0) is 17.1 Å². The standard InChI is InChI=1S/C21H19ClN4O2/c22-12-14-5-7-15(8-6-14)20(27)26-19(21(28)24-10-9-23)11-16-13-25-18-4-2-1-3-17(16)18/h1-8,13,19,25H,10-12H2,(H,24,28)(H,26,27). The van der Waals surface area contributed by atoms with Crippen molar-refractivity contribution in [3.63, 3.8) is 0 Å². The third-order valence-electron chi connectivity index (χ3n) is 4.43. The number of rotatable bonds is 7. The van der Waals surface area contributed by atoms with E-state index in [2.05, 4.69) is 15.6 Å². The topological polar surface area (TPSA) is 97.8 Å². The number of halogens is 1. The normalized spacial score (nSPS) is 11.6. The van der Waals surface area contributed by atoms with E-state index in [-0.39, 0.29) is 12.5 Å². The first-order valence-electron chi connectivity index (χ1n) is 8.77. The summed E-state index contributed by atoms with van der Waals surface area (Å²) < 4.78 is 0. The average molecular weight is 395 g/mol. The third kappa shape index (κ3) is 4.51. The minimum atomic E-state index is -0.812. The van der Waals surface area contributed by atoms with E-state index in [1.807, 2.05) is 36.5 Å².